The van der Waals surface area contributed by atoms with Gasteiger partial charge in [-0.2, -0.15) is 0 Å². The molecule has 282 valence electrons. The van der Waals surface area contributed by atoms with E-state index in [4.69, 9.17) is 4.42 Å². The van der Waals surface area contributed by atoms with E-state index in [0.717, 1.165) is 37.0 Å². The van der Waals surface area contributed by atoms with Crippen LogP contribution in [0.25, 0.3) is 16.7 Å². The third-order valence-corrected chi connectivity index (χ3v) is 17.2. The molecular formula is C53H53NOS. The van der Waals surface area contributed by atoms with Crippen molar-refractivity contribution in [2.24, 2.45) is 46.8 Å². The summed E-state index contributed by atoms with van der Waals surface area (Å²) < 4.78 is 7.05. The topological polar surface area (TPSA) is 16.4 Å². The van der Waals surface area contributed by atoms with Crippen LogP contribution in [-0.4, -0.2) is 22.2 Å². The fourth-order valence-electron chi connectivity index (χ4n) is 13.9. The van der Waals surface area contributed by atoms with E-state index in [-0.39, 0.29) is 11.5 Å². The maximum Gasteiger partial charge on any atom is 0.154 e. The highest BCUT2D eigenvalue weighted by Gasteiger charge is 2.68. The van der Waals surface area contributed by atoms with Gasteiger partial charge in [0.05, 0.1) is 11.7 Å². The molecule has 1 aliphatic heterocycles. The number of para-hydroxylation sites is 1. The molecule has 12 rings (SSSR count). The van der Waals surface area contributed by atoms with E-state index in [9.17, 15) is 0 Å². The summed E-state index contributed by atoms with van der Waals surface area (Å²) in [5, 5.41) is 1.85. The second-order valence-electron chi connectivity index (χ2n) is 18.1. The Morgan fingerprint density at radius 3 is 2.61 bits per heavy atom. The van der Waals surface area contributed by atoms with Crippen molar-refractivity contribution in [3.63, 3.8) is 0 Å². The summed E-state index contributed by atoms with van der Waals surface area (Å²) in [7, 11) is 0. The largest absolute Gasteiger partial charge is 0.454 e. The Bertz CT molecular complexity index is 2340. The van der Waals surface area contributed by atoms with Crippen molar-refractivity contribution < 1.29 is 4.42 Å². The Morgan fingerprint density at radius 2 is 1.64 bits per heavy atom. The molecule has 1 fully saturated rings. The number of hydrogen-bond acceptors (Lipinski definition) is 3. The summed E-state index contributed by atoms with van der Waals surface area (Å²) in [4.78, 5) is 4.60. The van der Waals surface area contributed by atoms with Crippen LogP contribution in [0.4, 0.5) is 0 Å². The lowest BCUT2D eigenvalue weighted by molar-refractivity contribution is 0.0749. The van der Waals surface area contributed by atoms with Crippen molar-refractivity contribution in [3.05, 3.63) is 173 Å². The zero-order valence-corrected chi connectivity index (χ0v) is 33.2. The number of fused-ring (bicyclic) bond motifs is 12. The number of hydrogen-bond donors (Lipinski definition) is 0. The van der Waals surface area contributed by atoms with Crippen LogP contribution in [0, 0.1) is 46.8 Å². The lowest BCUT2D eigenvalue weighted by Gasteiger charge is -2.56. The second-order valence-corrected chi connectivity index (χ2v) is 19.3. The van der Waals surface area contributed by atoms with Gasteiger partial charge in [-0.15, -0.1) is 11.8 Å². The highest BCUT2D eigenvalue weighted by Crippen LogP contribution is 2.74. The average Bonchev–Trinajstić information content (AvgIpc) is 3.80. The molecule has 2 nitrogen and oxygen atoms in total. The molecule has 0 N–H and O–H groups in total. The van der Waals surface area contributed by atoms with Crippen LogP contribution in [0.1, 0.15) is 69.1 Å². The molecular weight excluding hydrogens is 699 g/mol. The van der Waals surface area contributed by atoms with Crippen molar-refractivity contribution in [2.45, 2.75) is 81.5 Å². The van der Waals surface area contributed by atoms with Crippen molar-refractivity contribution in [2.75, 3.05) is 0 Å². The van der Waals surface area contributed by atoms with E-state index in [1.54, 1.807) is 10.5 Å². The van der Waals surface area contributed by atoms with Gasteiger partial charge in [-0.25, -0.2) is 0 Å². The molecule has 0 amide bonds. The standard InChI is InChI=1S/C53H53NOS/c1-2-16-34(17-3-1)36-19-6-10-26-44(36)54(46-28-14-22-39-38-21-7-11-29-47(38)55-52(39)46)45-27-15-25-42-51(45)50-37-20-5-4-18-35(37)32-33-43(50)53(42)40-23-8-12-30-48(40)56-49-31-13-9-24-41(49)53/h1-4,6-7,10-13,15-16,18-19,21,25-26,28-34,36,40,42-45,48,50-51H,5,8-9,14,17,20,22-24,27H2. The van der Waals surface area contributed by atoms with Gasteiger partial charge in [0.1, 0.15) is 5.58 Å². The van der Waals surface area contributed by atoms with Gasteiger partial charge in [0.25, 0.3) is 0 Å². The summed E-state index contributed by atoms with van der Waals surface area (Å²) in [5.74, 6) is 4.64. The third-order valence-electron chi connectivity index (χ3n) is 15.8. The van der Waals surface area contributed by atoms with Crippen molar-refractivity contribution in [3.8, 4) is 0 Å². The summed E-state index contributed by atoms with van der Waals surface area (Å²) in [6, 6.07) is 9.38. The molecule has 1 saturated carbocycles. The number of allylic oxidation sites excluding steroid dienone is 18. The lowest BCUT2D eigenvalue weighted by atomic mass is 9.53. The van der Waals surface area contributed by atoms with Gasteiger partial charge in [-0.3, -0.25) is 0 Å². The minimum absolute atomic E-state index is 0.122. The lowest BCUT2D eigenvalue weighted by Crippen LogP contribution is -2.54. The molecule has 56 heavy (non-hydrogen) atoms. The molecule has 1 aromatic heterocycles. The van der Waals surface area contributed by atoms with Crippen molar-refractivity contribution in [1.82, 2.24) is 4.90 Å². The van der Waals surface area contributed by atoms with Crippen LogP contribution in [0.15, 0.2) is 166 Å². The molecule has 1 aromatic carbocycles. The van der Waals surface area contributed by atoms with Gasteiger partial charge in [0.15, 0.2) is 5.76 Å². The molecule has 9 aliphatic carbocycles. The monoisotopic (exact) mass is 751 g/mol. The molecule has 2 aromatic rings. The van der Waals surface area contributed by atoms with E-state index < -0.39 is 0 Å². The predicted octanol–water partition coefficient (Wildman–Crippen LogP) is 13.0. The fourth-order valence-corrected chi connectivity index (χ4v) is 15.5. The molecule has 11 unspecified atom stereocenters. The van der Waals surface area contributed by atoms with Crippen molar-refractivity contribution >= 4 is 28.4 Å². The predicted molar refractivity (Wildman–Crippen MR) is 233 cm³/mol. The van der Waals surface area contributed by atoms with Crippen LogP contribution < -0.4 is 0 Å². The maximum atomic E-state index is 7.05. The zero-order chi connectivity index (χ0) is 36.8. The summed E-state index contributed by atoms with van der Waals surface area (Å²) >= 11 is 2.20. The highest BCUT2D eigenvalue weighted by molar-refractivity contribution is 8.04. The zero-order valence-electron chi connectivity index (χ0n) is 32.4. The Morgan fingerprint density at radius 1 is 0.732 bits per heavy atom. The summed E-state index contributed by atoms with van der Waals surface area (Å²) in [5.41, 5.74) is 9.01. The van der Waals surface area contributed by atoms with Gasteiger partial charge in [-0.1, -0.05) is 139 Å². The quantitative estimate of drug-likeness (QED) is 0.290. The number of benzene rings is 1. The first kappa shape index (κ1) is 33.9. The summed E-state index contributed by atoms with van der Waals surface area (Å²) in [6.45, 7) is 0. The van der Waals surface area contributed by atoms with Crippen LogP contribution >= 0.6 is 11.8 Å². The van der Waals surface area contributed by atoms with Gasteiger partial charge in [0.2, 0.25) is 0 Å². The minimum Gasteiger partial charge on any atom is -0.454 e. The molecule has 3 heteroatoms. The van der Waals surface area contributed by atoms with E-state index in [1.807, 2.05) is 5.57 Å². The van der Waals surface area contributed by atoms with Crippen LogP contribution in [-0.2, 0) is 6.42 Å². The molecule has 0 radical (unpaired) electrons. The smallest absolute Gasteiger partial charge is 0.154 e. The molecule has 1 spiro atoms. The van der Waals surface area contributed by atoms with Gasteiger partial charge in [-0.05, 0) is 117 Å². The fraction of sp³-hybridized carbons (Fsp3) is 0.396. The number of rotatable bonds is 4. The molecule has 0 bridgehead atoms. The molecule has 11 atom stereocenters. The maximum absolute atomic E-state index is 7.05. The van der Waals surface area contributed by atoms with E-state index in [1.165, 1.54) is 60.7 Å². The average molecular weight is 752 g/mol. The number of aryl methyl sites for hydroxylation is 1. The van der Waals surface area contributed by atoms with Gasteiger partial charge < -0.3 is 9.32 Å². The third kappa shape index (κ3) is 4.88. The van der Waals surface area contributed by atoms with Crippen molar-refractivity contribution in [1.29, 1.82) is 0 Å². The Hall–Kier alpha value is -4.21. The highest BCUT2D eigenvalue weighted by atomic mass is 32.2. The van der Waals surface area contributed by atoms with Crippen LogP contribution in [0.3, 0.4) is 0 Å². The Kier molecular flexibility index (Phi) is 8.13. The minimum atomic E-state index is 0.122. The first-order chi connectivity index (χ1) is 27.8. The first-order valence-electron chi connectivity index (χ1n) is 22.0. The first-order valence-corrected chi connectivity index (χ1v) is 22.8. The van der Waals surface area contributed by atoms with Gasteiger partial charge >= 0.3 is 0 Å². The van der Waals surface area contributed by atoms with Gasteiger partial charge in [0, 0.05) is 38.5 Å². The normalized spacial score (nSPS) is 38.4. The van der Waals surface area contributed by atoms with E-state index >= 15 is 0 Å². The number of thioether (sulfide) groups is 1. The Labute approximate surface area is 337 Å². The molecule has 10 aliphatic rings. The molecule has 0 saturated heterocycles. The Balaban J connectivity index is 1.09. The van der Waals surface area contributed by atoms with E-state index in [2.05, 4.69) is 156 Å². The SMILES string of the molecule is C1=CCC(C2C=CC=CC2N(C2=CCCc3c2oc2ccccc32)C2CC=CC3C2C2C4=C(C=CCC4)C=CC2C32C3=C(C=CCC3)SC3C=CCCC32)C=C1. The molecule has 2 heterocycles. The second kappa shape index (κ2) is 13.4. The van der Waals surface area contributed by atoms with Crippen LogP contribution in [0.5, 0.6) is 0 Å². The summed E-state index contributed by atoms with van der Waals surface area (Å²) in [6.07, 6.45) is 59.2. The number of nitrogens with zero attached hydrogens (tertiary/aromatic N) is 1. The number of furan rings is 1. The van der Waals surface area contributed by atoms with E-state index in [0.29, 0.717) is 52.7 Å². The van der Waals surface area contributed by atoms with Crippen LogP contribution in [0.2, 0.25) is 0 Å².